The summed E-state index contributed by atoms with van der Waals surface area (Å²) < 4.78 is 5.63. The molecule has 0 saturated heterocycles. The maximum atomic E-state index is 12.1. The maximum Gasteiger partial charge on any atom is 0.330 e. The van der Waals surface area contributed by atoms with E-state index in [1.807, 2.05) is 20.8 Å². The quantitative estimate of drug-likeness (QED) is 0.849. The number of carbonyl (C=O) groups excluding carboxylic acids is 1. The van der Waals surface area contributed by atoms with E-state index < -0.39 is 12.0 Å². The van der Waals surface area contributed by atoms with Crippen molar-refractivity contribution in [3.8, 4) is 0 Å². The zero-order chi connectivity index (χ0) is 17.7. The molecule has 0 spiro atoms. The van der Waals surface area contributed by atoms with E-state index in [4.69, 9.17) is 4.42 Å². The van der Waals surface area contributed by atoms with Crippen LogP contribution in [0.25, 0.3) is 0 Å². The summed E-state index contributed by atoms with van der Waals surface area (Å²) >= 11 is 0. The third-order valence-corrected chi connectivity index (χ3v) is 3.54. The van der Waals surface area contributed by atoms with E-state index in [9.17, 15) is 14.7 Å². The monoisotopic (exact) mass is 330 g/mol. The molecule has 0 radical (unpaired) electrons. The lowest BCUT2D eigenvalue weighted by Crippen LogP contribution is -2.33. The van der Waals surface area contributed by atoms with Crippen LogP contribution in [0.4, 0.5) is 0 Å². The number of carboxylic acid groups (broad SMARTS) is 1. The van der Waals surface area contributed by atoms with Gasteiger partial charge in [-0.1, -0.05) is 51.1 Å². The molecule has 0 unspecified atom stereocenters. The number of oxazole rings is 1. The molecule has 0 bridgehead atoms. The van der Waals surface area contributed by atoms with Crippen LogP contribution in [0, 0.1) is 0 Å². The number of amides is 1. The molecule has 2 N–H and O–H groups in total. The van der Waals surface area contributed by atoms with E-state index in [0.717, 1.165) is 5.76 Å². The second-order valence-corrected chi connectivity index (χ2v) is 6.62. The summed E-state index contributed by atoms with van der Waals surface area (Å²) in [5.41, 5.74) is 0.388. The Morgan fingerprint density at radius 3 is 2.46 bits per heavy atom. The van der Waals surface area contributed by atoms with Crippen LogP contribution in [0.3, 0.4) is 0 Å². The van der Waals surface area contributed by atoms with Gasteiger partial charge in [-0.05, 0) is 5.56 Å². The number of rotatable bonds is 6. The summed E-state index contributed by atoms with van der Waals surface area (Å²) in [5.74, 6) is -0.227. The number of aliphatic carboxylic acids is 1. The number of carbonyl (C=O) groups is 2. The molecule has 2 aromatic rings. The van der Waals surface area contributed by atoms with Crippen molar-refractivity contribution in [1.29, 1.82) is 0 Å². The summed E-state index contributed by atoms with van der Waals surface area (Å²) in [5, 5.41) is 11.8. The van der Waals surface area contributed by atoms with E-state index in [2.05, 4.69) is 10.3 Å². The fourth-order valence-electron chi connectivity index (χ4n) is 2.16. The lowest BCUT2D eigenvalue weighted by molar-refractivity contribution is -0.142. The summed E-state index contributed by atoms with van der Waals surface area (Å²) in [6.07, 6.45) is 2.10. The number of hydrogen-bond donors (Lipinski definition) is 2. The number of aromatic nitrogens is 1. The van der Waals surface area contributed by atoms with E-state index in [1.54, 1.807) is 36.5 Å². The number of nitrogens with zero attached hydrogens (tertiary/aromatic N) is 1. The molecule has 0 aliphatic carbocycles. The minimum atomic E-state index is -1.10. The van der Waals surface area contributed by atoms with Gasteiger partial charge in [0.1, 0.15) is 5.76 Å². The van der Waals surface area contributed by atoms with Gasteiger partial charge in [-0.2, -0.15) is 0 Å². The highest BCUT2D eigenvalue weighted by molar-refractivity contribution is 5.84. The molecule has 2 rings (SSSR count). The number of aryl methyl sites for hydroxylation is 1. The largest absolute Gasteiger partial charge is 0.479 e. The molecule has 6 nitrogen and oxygen atoms in total. The van der Waals surface area contributed by atoms with Crippen LogP contribution >= 0.6 is 0 Å². The third-order valence-electron chi connectivity index (χ3n) is 3.54. The van der Waals surface area contributed by atoms with Crippen LogP contribution in [-0.4, -0.2) is 22.0 Å². The topological polar surface area (TPSA) is 92.4 Å². The molecule has 1 aromatic carbocycles. The van der Waals surface area contributed by atoms with Crippen molar-refractivity contribution in [2.24, 2.45) is 0 Å². The zero-order valence-electron chi connectivity index (χ0n) is 14.1. The molecule has 1 amide bonds. The Labute approximate surface area is 140 Å². The van der Waals surface area contributed by atoms with Crippen molar-refractivity contribution in [2.75, 3.05) is 0 Å². The van der Waals surface area contributed by atoms with Gasteiger partial charge in [0.15, 0.2) is 11.9 Å². The molecule has 128 valence electrons. The minimum absolute atomic E-state index is 0.112. The standard InChI is InChI=1S/C18H22N2O4/c1-18(2,3)13-11-19-15(24-13)10-9-14(21)20-16(17(22)23)12-7-5-4-6-8-12/h4-8,11,16H,9-10H2,1-3H3,(H,20,21)(H,22,23)/t16-/m1/s1. The van der Waals surface area contributed by atoms with Crippen LogP contribution in [0.5, 0.6) is 0 Å². The van der Waals surface area contributed by atoms with Gasteiger partial charge in [0.05, 0.1) is 6.20 Å². The van der Waals surface area contributed by atoms with Crippen molar-refractivity contribution in [3.63, 3.8) is 0 Å². The Balaban J connectivity index is 1.94. The summed E-state index contributed by atoms with van der Waals surface area (Å²) in [6.45, 7) is 6.05. The molecule has 1 heterocycles. The molecule has 1 atom stereocenters. The first-order chi connectivity index (χ1) is 11.3. The second-order valence-electron chi connectivity index (χ2n) is 6.62. The number of benzene rings is 1. The van der Waals surface area contributed by atoms with Crippen molar-refractivity contribution < 1.29 is 19.1 Å². The second kappa shape index (κ2) is 7.29. The normalized spacial score (nSPS) is 12.6. The molecule has 0 saturated carbocycles. The summed E-state index contributed by atoms with van der Waals surface area (Å²) in [7, 11) is 0. The molecule has 24 heavy (non-hydrogen) atoms. The molecule has 0 aliphatic heterocycles. The lowest BCUT2D eigenvalue weighted by Gasteiger charge is -2.14. The van der Waals surface area contributed by atoms with E-state index in [-0.39, 0.29) is 17.7 Å². The minimum Gasteiger partial charge on any atom is -0.479 e. The summed E-state index contributed by atoms with van der Waals surface area (Å²) in [6, 6.07) is 7.54. The molecular formula is C18H22N2O4. The Kier molecular flexibility index (Phi) is 5.39. The highest BCUT2D eigenvalue weighted by atomic mass is 16.4. The maximum absolute atomic E-state index is 12.1. The highest BCUT2D eigenvalue weighted by Gasteiger charge is 2.23. The zero-order valence-corrected chi connectivity index (χ0v) is 14.1. The lowest BCUT2D eigenvalue weighted by atomic mass is 9.94. The first kappa shape index (κ1) is 17.7. The molecule has 0 aliphatic rings. The predicted octanol–water partition coefficient (Wildman–Crippen LogP) is 2.85. The van der Waals surface area contributed by atoms with Gasteiger partial charge < -0.3 is 14.8 Å². The first-order valence-electron chi connectivity index (χ1n) is 7.79. The molecular weight excluding hydrogens is 308 g/mol. The average molecular weight is 330 g/mol. The van der Waals surface area contributed by atoms with Crippen LogP contribution in [0.1, 0.15) is 50.4 Å². The molecule has 1 aromatic heterocycles. The van der Waals surface area contributed by atoms with Gasteiger partial charge in [0, 0.05) is 18.3 Å². The fourth-order valence-corrected chi connectivity index (χ4v) is 2.16. The van der Waals surface area contributed by atoms with Gasteiger partial charge in [-0.3, -0.25) is 4.79 Å². The predicted molar refractivity (Wildman–Crippen MR) is 88.5 cm³/mol. The SMILES string of the molecule is CC(C)(C)c1cnc(CCC(=O)N[C@@H](C(=O)O)c2ccccc2)o1. The smallest absolute Gasteiger partial charge is 0.330 e. The van der Waals surface area contributed by atoms with Gasteiger partial charge in [-0.15, -0.1) is 0 Å². The number of hydrogen-bond acceptors (Lipinski definition) is 4. The first-order valence-corrected chi connectivity index (χ1v) is 7.79. The van der Waals surface area contributed by atoms with Crippen LogP contribution < -0.4 is 5.32 Å². The Hall–Kier alpha value is -2.63. The Morgan fingerprint density at radius 2 is 1.92 bits per heavy atom. The van der Waals surface area contributed by atoms with Crippen LogP contribution in [-0.2, 0) is 21.4 Å². The fraction of sp³-hybridized carbons (Fsp3) is 0.389. The van der Waals surface area contributed by atoms with Crippen molar-refractivity contribution >= 4 is 11.9 Å². The van der Waals surface area contributed by atoms with Gasteiger partial charge in [-0.25, -0.2) is 9.78 Å². The van der Waals surface area contributed by atoms with Gasteiger partial charge in [0.25, 0.3) is 0 Å². The van der Waals surface area contributed by atoms with E-state index >= 15 is 0 Å². The van der Waals surface area contributed by atoms with E-state index in [0.29, 0.717) is 17.9 Å². The van der Waals surface area contributed by atoms with Crippen LogP contribution in [0.15, 0.2) is 40.9 Å². The average Bonchev–Trinajstić information content (AvgIpc) is 3.00. The number of carboxylic acids is 1. The van der Waals surface area contributed by atoms with Gasteiger partial charge in [0.2, 0.25) is 5.91 Å². The van der Waals surface area contributed by atoms with Crippen molar-refractivity contribution in [1.82, 2.24) is 10.3 Å². The Bertz CT molecular complexity index is 701. The molecule has 0 fully saturated rings. The molecule has 6 heteroatoms. The van der Waals surface area contributed by atoms with Crippen molar-refractivity contribution in [2.45, 2.75) is 45.1 Å². The highest BCUT2D eigenvalue weighted by Crippen LogP contribution is 2.23. The summed E-state index contributed by atoms with van der Waals surface area (Å²) in [4.78, 5) is 27.6. The Morgan fingerprint density at radius 1 is 1.25 bits per heavy atom. The van der Waals surface area contributed by atoms with Crippen LogP contribution in [0.2, 0.25) is 0 Å². The van der Waals surface area contributed by atoms with Gasteiger partial charge >= 0.3 is 5.97 Å². The third kappa shape index (κ3) is 4.68. The van der Waals surface area contributed by atoms with Crippen molar-refractivity contribution in [3.05, 3.63) is 53.7 Å². The van der Waals surface area contributed by atoms with E-state index in [1.165, 1.54) is 0 Å². The number of nitrogens with one attached hydrogen (secondary N) is 1.